The molecule has 1 aliphatic rings. The maximum absolute atomic E-state index is 8.97. The van der Waals surface area contributed by atoms with E-state index >= 15 is 0 Å². The van der Waals surface area contributed by atoms with Gasteiger partial charge in [0.2, 0.25) is 5.78 Å². The van der Waals surface area contributed by atoms with E-state index in [0.29, 0.717) is 0 Å². The number of imidazole rings is 2. The number of benzene rings is 7. The molecule has 1 unspecified atom stereocenters. The van der Waals surface area contributed by atoms with Crippen LogP contribution in [0.15, 0.2) is 186 Å². The summed E-state index contributed by atoms with van der Waals surface area (Å²) in [7, 11) is -3.10. The summed E-state index contributed by atoms with van der Waals surface area (Å²) in [5.74, 6) is 0.871. The molecule has 0 spiro atoms. The zero-order valence-corrected chi connectivity index (χ0v) is 29.8. The van der Waals surface area contributed by atoms with Crippen molar-refractivity contribution in [3.63, 3.8) is 0 Å². The van der Waals surface area contributed by atoms with Crippen molar-refractivity contribution in [2.24, 2.45) is 0 Å². The number of para-hydroxylation sites is 4. The van der Waals surface area contributed by atoms with Crippen molar-refractivity contribution in [3.05, 3.63) is 187 Å². The van der Waals surface area contributed by atoms with Gasteiger partial charge in [0.15, 0.2) is 8.07 Å². The summed E-state index contributed by atoms with van der Waals surface area (Å²) < 4.78 is 31.4. The smallest absolute Gasteiger partial charge is 0.220 e. The fraction of sp³-hybridized carbons (Fsp3) is 0.0652. The zero-order valence-electron chi connectivity index (χ0n) is 31.0. The Morgan fingerprint density at radius 1 is 0.569 bits per heavy atom. The van der Waals surface area contributed by atoms with Crippen molar-refractivity contribution >= 4 is 68.4 Å². The Morgan fingerprint density at radius 3 is 1.88 bits per heavy atom. The van der Waals surface area contributed by atoms with Gasteiger partial charge >= 0.3 is 0 Å². The highest BCUT2D eigenvalue weighted by Gasteiger charge is 2.45. The van der Waals surface area contributed by atoms with Gasteiger partial charge in [-0.25, -0.2) is 4.98 Å². The highest BCUT2D eigenvalue weighted by molar-refractivity contribution is 7.99. The van der Waals surface area contributed by atoms with Crippen LogP contribution in [0.2, 0.25) is 0 Å². The van der Waals surface area contributed by atoms with E-state index in [2.05, 4.69) is 155 Å². The van der Waals surface area contributed by atoms with E-state index in [9.17, 15) is 0 Å². The van der Waals surface area contributed by atoms with E-state index < -0.39 is 20.3 Å². The van der Waals surface area contributed by atoms with E-state index in [1.807, 2.05) is 37.3 Å². The molecule has 244 valence electrons. The summed E-state index contributed by atoms with van der Waals surface area (Å²) in [6.45, 7) is -0.364. The molecule has 2 aromatic heterocycles. The van der Waals surface area contributed by atoms with Crippen molar-refractivity contribution in [3.8, 4) is 5.69 Å². The predicted octanol–water partition coefficient (Wildman–Crippen LogP) is 8.60. The Kier molecular flexibility index (Phi) is 6.10. The predicted molar refractivity (Wildman–Crippen MR) is 216 cm³/mol. The van der Waals surface area contributed by atoms with E-state index in [4.69, 9.17) is 9.10 Å². The average Bonchev–Trinajstić information content (AvgIpc) is 3.74. The molecule has 1 aliphatic heterocycles. The first kappa shape index (κ1) is 27.1. The van der Waals surface area contributed by atoms with Crippen molar-refractivity contribution < 1.29 is 4.11 Å². The van der Waals surface area contributed by atoms with Crippen LogP contribution in [0.4, 0.5) is 0 Å². The summed E-state index contributed by atoms with van der Waals surface area (Å²) in [6.07, 6.45) is 0. The first-order valence-electron chi connectivity index (χ1n) is 18.8. The molecule has 0 N–H and O–H groups in total. The minimum Gasteiger partial charge on any atom is -0.278 e. The third-order valence-electron chi connectivity index (χ3n) is 10.7. The number of hydrogen-bond donors (Lipinski definition) is 0. The largest absolute Gasteiger partial charge is 0.278 e. The van der Waals surface area contributed by atoms with Gasteiger partial charge in [0.05, 0.1) is 22.1 Å². The molecule has 0 bridgehead atoms. The lowest BCUT2D eigenvalue weighted by Crippen LogP contribution is -2.75. The molecule has 3 heterocycles. The van der Waals surface area contributed by atoms with Gasteiger partial charge in [0, 0.05) is 25.0 Å². The van der Waals surface area contributed by atoms with Gasteiger partial charge in [-0.3, -0.25) is 8.97 Å². The summed E-state index contributed by atoms with van der Waals surface area (Å²) in [5.41, 5.74) is 5.78. The maximum Gasteiger partial charge on any atom is 0.220 e. The Labute approximate surface area is 307 Å². The first-order chi connectivity index (χ1) is 26.3. The van der Waals surface area contributed by atoms with Crippen LogP contribution in [0.1, 0.15) is 29.0 Å². The molecule has 0 amide bonds. The van der Waals surface area contributed by atoms with Gasteiger partial charge in [-0.05, 0) is 74.3 Å². The Morgan fingerprint density at radius 2 is 1.16 bits per heavy atom. The molecule has 10 rings (SSSR count). The number of aromatic nitrogens is 3. The van der Waals surface area contributed by atoms with Crippen molar-refractivity contribution in [1.29, 1.82) is 0 Å². The number of hydrogen-bond acceptors (Lipinski definition) is 2. The zero-order chi connectivity index (χ0) is 36.7. The Balaban J connectivity index is 1.26. The highest BCUT2D eigenvalue weighted by atomic mass is 32.2. The van der Waals surface area contributed by atoms with Crippen LogP contribution < -0.4 is 20.7 Å². The maximum atomic E-state index is 8.97. The number of nitrogens with zero attached hydrogens (tertiary/aromatic N) is 3. The lowest BCUT2D eigenvalue weighted by molar-refractivity contribution is 0.608. The Hall–Kier alpha value is -5.62. The van der Waals surface area contributed by atoms with Crippen LogP contribution >= 0.6 is 11.8 Å². The number of fused-ring (bicyclic) bond motifs is 7. The van der Waals surface area contributed by atoms with Crippen LogP contribution in [0.5, 0.6) is 0 Å². The second kappa shape index (κ2) is 11.5. The fourth-order valence-electron chi connectivity index (χ4n) is 8.37. The summed E-state index contributed by atoms with van der Waals surface area (Å²) in [5, 5.41) is 4.88. The molecular formula is C46H35N3SSi. The molecule has 5 heteroatoms. The average molecular weight is 693 g/mol. The van der Waals surface area contributed by atoms with Crippen LogP contribution in [0.3, 0.4) is 0 Å². The van der Waals surface area contributed by atoms with Crippen molar-refractivity contribution in [2.45, 2.75) is 29.0 Å². The second-order valence-electron chi connectivity index (χ2n) is 13.5. The highest BCUT2D eigenvalue weighted by Crippen LogP contribution is 2.48. The summed E-state index contributed by atoms with van der Waals surface area (Å²) in [4.78, 5) is 7.16. The monoisotopic (exact) mass is 692 g/mol. The number of rotatable bonds is 5. The van der Waals surface area contributed by atoms with E-state index in [0.717, 1.165) is 54.4 Å². The molecule has 7 aromatic carbocycles. The second-order valence-corrected chi connectivity index (χ2v) is 18.3. The molecule has 0 radical (unpaired) electrons. The van der Waals surface area contributed by atoms with Crippen LogP contribution in [-0.4, -0.2) is 22.0 Å². The van der Waals surface area contributed by atoms with Gasteiger partial charge < -0.3 is 0 Å². The molecule has 0 saturated heterocycles. The lowest BCUT2D eigenvalue weighted by atomic mass is 9.78. The third-order valence-corrected chi connectivity index (χ3v) is 16.9. The standard InChI is InChI=1S/C46H35N3SSi/c1-46(2)36-20-9-14-26-42(36)50-44-37(46)21-15-27-43(44)51(33-16-5-3-6-17-33,34-18-7-4-8-19-34)35-30-28-32(29-31-35)48-40-24-12-13-25-41(40)49-39-23-11-10-22-38(39)47-45(48)49/h3-31H,1-2H3/i1D3. The first-order valence-corrected chi connectivity index (χ1v) is 20.1. The van der Waals surface area contributed by atoms with Crippen molar-refractivity contribution in [1.82, 2.24) is 14.0 Å². The van der Waals surface area contributed by atoms with Crippen LogP contribution in [0, 0.1) is 0 Å². The lowest BCUT2D eigenvalue weighted by Gasteiger charge is -2.40. The molecule has 3 nitrogen and oxygen atoms in total. The van der Waals surface area contributed by atoms with E-state index in [-0.39, 0.29) is 0 Å². The summed E-state index contributed by atoms with van der Waals surface area (Å²) >= 11 is 1.71. The molecule has 0 fully saturated rings. The molecule has 0 saturated carbocycles. The molecule has 51 heavy (non-hydrogen) atoms. The van der Waals surface area contributed by atoms with Crippen LogP contribution in [-0.2, 0) is 5.41 Å². The third kappa shape index (κ3) is 4.35. The SMILES string of the molecule is [2H]C([2H])([2H])C1(C)c2ccccc2Sc2c1cccc2[Si](c1ccccc1)(c1ccccc1)c1ccc(-n2c3ccccc3n3c4ccccc4nc23)cc1. The molecule has 1 atom stereocenters. The van der Waals surface area contributed by atoms with Gasteiger partial charge in [0.25, 0.3) is 0 Å². The molecule has 0 aliphatic carbocycles. The molecule has 9 aromatic rings. The van der Waals surface area contributed by atoms with Gasteiger partial charge in [-0.1, -0.05) is 159 Å². The Bertz CT molecular complexity index is 2830. The topological polar surface area (TPSA) is 22.2 Å². The van der Waals surface area contributed by atoms with E-state index in [1.54, 1.807) is 11.8 Å². The summed E-state index contributed by atoms with van der Waals surface area (Å²) in [6, 6.07) is 62.0. The fourth-order valence-corrected chi connectivity index (χ4v) is 15.1. The van der Waals surface area contributed by atoms with E-state index in [1.165, 1.54) is 20.7 Å². The van der Waals surface area contributed by atoms with Crippen molar-refractivity contribution in [2.75, 3.05) is 0 Å². The minimum atomic E-state index is -3.10. The minimum absolute atomic E-state index is 0.854. The quantitative estimate of drug-likeness (QED) is 0.133. The molecular weight excluding hydrogens is 655 g/mol. The van der Waals surface area contributed by atoms with Crippen LogP contribution in [0.25, 0.3) is 33.5 Å². The van der Waals surface area contributed by atoms with Gasteiger partial charge in [0.1, 0.15) is 0 Å². The van der Waals surface area contributed by atoms with Gasteiger partial charge in [-0.2, -0.15) is 0 Å². The van der Waals surface area contributed by atoms with Gasteiger partial charge in [-0.15, -0.1) is 0 Å². The normalized spacial score (nSPS) is 16.8.